The highest BCUT2D eigenvalue weighted by Gasteiger charge is 2.23. The highest BCUT2D eigenvalue weighted by atomic mass is 35.5. The van der Waals surface area contributed by atoms with Gasteiger partial charge in [0, 0.05) is 28.2 Å². The Morgan fingerprint density at radius 3 is 3.04 bits per heavy atom. The van der Waals surface area contributed by atoms with Crippen LogP contribution in [0.2, 0.25) is 5.02 Å². The first-order chi connectivity index (χ1) is 11.7. The van der Waals surface area contributed by atoms with Crippen molar-refractivity contribution in [3.05, 3.63) is 58.5 Å². The average Bonchev–Trinajstić information content (AvgIpc) is 3.14. The summed E-state index contributed by atoms with van der Waals surface area (Å²) in [7, 11) is 0. The Kier molecular flexibility index (Phi) is 3.08. The number of H-pyrrole nitrogens is 1. The second-order valence-electron chi connectivity index (χ2n) is 6.05. The minimum absolute atomic E-state index is 0.217. The molecule has 5 rings (SSSR count). The molecule has 0 saturated heterocycles. The maximum atomic E-state index is 13.4. The lowest BCUT2D eigenvalue weighted by atomic mass is 10.0. The highest BCUT2D eigenvalue weighted by molar-refractivity contribution is 7.22. The maximum absolute atomic E-state index is 13.4. The molecular formula is C18H13ClFN3S. The molecule has 4 aromatic rings. The molecule has 0 fully saturated rings. The van der Waals surface area contributed by atoms with E-state index in [4.69, 9.17) is 11.6 Å². The van der Waals surface area contributed by atoms with Crippen LogP contribution in [-0.4, -0.2) is 16.5 Å². The van der Waals surface area contributed by atoms with Crippen LogP contribution < -0.4 is 4.90 Å². The van der Waals surface area contributed by atoms with Crippen molar-refractivity contribution in [3.8, 4) is 0 Å². The van der Waals surface area contributed by atoms with Crippen LogP contribution in [0.5, 0.6) is 0 Å². The lowest BCUT2D eigenvalue weighted by Crippen LogP contribution is -2.29. The molecule has 0 radical (unpaired) electrons. The summed E-state index contributed by atoms with van der Waals surface area (Å²) in [6, 6.07) is 10.7. The SMILES string of the molecule is Fc1ccc2nc(N3CCc4c([nH]c5ccc(Cl)cc45)C3)sc2c1. The molecule has 2 aromatic heterocycles. The van der Waals surface area contributed by atoms with Gasteiger partial charge in [-0.2, -0.15) is 0 Å². The van der Waals surface area contributed by atoms with E-state index in [1.807, 2.05) is 18.2 Å². The van der Waals surface area contributed by atoms with Gasteiger partial charge in [0.15, 0.2) is 5.13 Å². The number of halogens is 2. The zero-order valence-corrected chi connectivity index (χ0v) is 14.2. The van der Waals surface area contributed by atoms with Gasteiger partial charge in [0.1, 0.15) is 5.82 Å². The largest absolute Gasteiger partial charge is 0.357 e. The lowest BCUT2D eigenvalue weighted by Gasteiger charge is -2.26. The molecule has 0 atom stereocenters. The van der Waals surface area contributed by atoms with E-state index < -0.39 is 0 Å². The van der Waals surface area contributed by atoms with Crippen LogP contribution in [0.25, 0.3) is 21.1 Å². The molecule has 1 aliphatic heterocycles. The van der Waals surface area contributed by atoms with Gasteiger partial charge in [-0.1, -0.05) is 22.9 Å². The van der Waals surface area contributed by atoms with Crippen LogP contribution in [0, 0.1) is 5.82 Å². The lowest BCUT2D eigenvalue weighted by molar-refractivity contribution is 0.630. The third-order valence-corrected chi connectivity index (χ3v) is 5.86. The quantitative estimate of drug-likeness (QED) is 0.512. The standard InChI is InChI=1S/C18H13ClFN3S/c19-10-1-3-14-13(7-10)12-5-6-23(9-16(12)21-14)18-22-15-4-2-11(20)8-17(15)24-18/h1-4,7-8,21H,5-6,9H2. The van der Waals surface area contributed by atoms with Crippen molar-refractivity contribution in [1.82, 2.24) is 9.97 Å². The maximum Gasteiger partial charge on any atom is 0.186 e. The van der Waals surface area contributed by atoms with Gasteiger partial charge in [-0.3, -0.25) is 0 Å². The highest BCUT2D eigenvalue weighted by Crippen LogP contribution is 2.35. The molecule has 3 heterocycles. The summed E-state index contributed by atoms with van der Waals surface area (Å²) in [6.45, 7) is 1.68. The normalized spacial score (nSPS) is 14.5. The molecule has 0 saturated carbocycles. The number of thiazole rings is 1. The molecule has 3 nitrogen and oxygen atoms in total. The molecule has 1 N–H and O–H groups in total. The molecule has 0 amide bonds. The third kappa shape index (κ3) is 2.19. The van der Waals surface area contributed by atoms with Crippen LogP contribution in [0.4, 0.5) is 9.52 Å². The molecule has 0 spiro atoms. The van der Waals surface area contributed by atoms with Crippen LogP contribution in [0.3, 0.4) is 0 Å². The van der Waals surface area contributed by atoms with E-state index in [9.17, 15) is 4.39 Å². The smallest absolute Gasteiger partial charge is 0.186 e. The number of aromatic nitrogens is 2. The first-order valence-electron chi connectivity index (χ1n) is 7.77. The molecule has 120 valence electrons. The van der Waals surface area contributed by atoms with Gasteiger partial charge in [-0.05, 0) is 48.4 Å². The predicted octanol–water partition coefficient (Wildman–Crippen LogP) is 5.13. The molecule has 2 aromatic carbocycles. The van der Waals surface area contributed by atoms with Gasteiger partial charge < -0.3 is 9.88 Å². The zero-order chi connectivity index (χ0) is 16.3. The van der Waals surface area contributed by atoms with Crippen molar-refractivity contribution in [1.29, 1.82) is 0 Å². The fraction of sp³-hybridized carbons (Fsp3) is 0.167. The summed E-state index contributed by atoms with van der Waals surface area (Å²) in [5.41, 5.74) is 4.53. The summed E-state index contributed by atoms with van der Waals surface area (Å²) >= 11 is 7.68. The van der Waals surface area contributed by atoms with Gasteiger partial charge in [-0.25, -0.2) is 9.37 Å². The molecule has 0 unspecified atom stereocenters. The molecular weight excluding hydrogens is 345 g/mol. The second-order valence-corrected chi connectivity index (χ2v) is 7.50. The van der Waals surface area contributed by atoms with Crippen molar-refractivity contribution in [2.24, 2.45) is 0 Å². The van der Waals surface area contributed by atoms with Gasteiger partial charge >= 0.3 is 0 Å². The number of hydrogen-bond donors (Lipinski definition) is 1. The summed E-state index contributed by atoms with van der Waals surface area (Å²) in [5.74, 6) is -0.217. The van der Waals surface area contributed by atoms with E-state index in [2.05, 4.69) is 14.9 Å². The first kappa shape index (κ1) is 14.3. The van der Waals surface area contributed by atoms with E-state index >= 15 is 0 Å². The van der Waals surface area contributed by atoms with Crippen molar-refractivity contribution in [2.75, 3.05) is 11.4 Å². The monoisotopic (exact) mass is 357 g/mol. The first-order valence-corrected chi connectivity index (χ1v) is 8.97. The van der Waals surface area contributed by atoms with Crippen molar-refractivity contribution in [2.45, 2.75) is 13.0 Å². The Morgan fingerprint density at radius 2 is 2.12 bits per heavy atom. The van der Waals surface area contributed by atoms with Crippen LogP contribution in [0.15, 0.2) is 36.4 Å². The minimum Gasteiger partial charge on any atom is -0.357 e. The van der Waals surface area contributed by atoms with Crippen molar-refractivity contribution < 1.29 is 4.39 Å². The van der Waals surface area contributed by atoms with E-state index in [1.54, 1.807) is 23.5 Å². The fourth-order valence-electron chi connectivity index (χ4n) is 3.40. The summed E-state index contributed by atoms with van der Waals surface area (Å²) in [6.07, 6.45) is 0.944. The Balaban J connectivity index is 1.54. The van der Waals surface area contributed by atoms with Crippen LogP contribution >= 0.6 is 22.9 Å². The Labute approximate surface area is 146 Å². The Bertz CT molecular complexity index is 1080. The predicted molar refractivity (Wildman–Crippen MR) is 97.6 cm³/mol. The van der Waals surface area contributed by atoms with Gasteiger partial charge in [0.2, 0.25) is 0 Å². The zero-order valence-electron chi connectivity index (χ0n) is 12.6. The molecule has 1 aliphatic rings. The molecule has 6 heteroatoms. The topological polar surface area (TPSA) is 31.9 Å². The average molecular weight is 358 g/mol. The minimum atomic E-state index is -0.217. The van der Waals surface area contributed by atoms with Crippen LogP contribution in [0.1, 0.15) is 11.3 Å². The van der Waals surface area contributed by atoms with E-state index in [-0.39, 0.29) is 5.82 Å². The van der Waals surface area contributed by atoms with Crippen LogP contribution in [-0.2, 0) is 13.0 Å². The number of benzene rings is 2. The summed E-state index contributed by atoms with van der Waals surface area (Å²) < 4.78 is 14.3. The number of rotatable bonds is 1. The number of nitrogens with one attached hydrogen (secondary N) is 1. The Hall–Kier alpha value is -2.11. The number of aromatic amines is 1. The van der Waals surface area contributed by atoms with E-state index in [0.717, 1.165) is 45.4 Å². The van der Waals surface area contributed by atoms with E-state index in [1.165, 1.54) is 22.7 Å². The fourth-order valence-corrected chi connectivity index (χ4v) is 4.59. The van der Waals surface area contributed by atoms with E-state index in [0.29, 0.717) is 0 Å². The molecule has 0 aliphatic carbocycles. The summed E-state index contributed by atoms with van der Waals surface area (Å²) in [5, 5.41) is 2.92. The van der Waals surface area contributed by atoms with Crippen molar-refractivity contribution in [3.63, 3.8) is 0 Å². The van der Waals surface area contributed by atoms with Gasteiger partial charge in [-0.15, -0.1) is 0 Å². The summed E-state index contributed by atoms with van der Waals surface area (Å²) in [4.78, 5) is 10.4. The van der Waals surface area contributed by atoms with Gasteiger partial charge in [0.25, 0.3) is 0 Å². The van der Waals surface area contributed by atoms with Gasteiger partial charge in [0.05, 0.1) is 16.8 Å². The number of anilines is 1. The second kappa shape index (κ2) is 5.19. The number of fused-ring (bicyclic) bond motifs is 4. The Morgan fingerprint density at radius 1 is 1.21 bits per heavy atom. The number of hydrogen-bond acceptors (Lipinski definition) is 3. The van der Waals surface area contributed by atoms with Crippen molar-refractivity contribution >= 4 is 49.2 Å². The molecule has 24 heavy (non-hydrogen) atoms. The number of nitrogens with zero attached hydrogens (tertiary/aromatic N) is 2. The third-order valence-electron chi connectivity index (χ3n) is 4.55. The molecule has 0 bridgehead atoms.